The van der Waals surface area contributed by atoms with E-state index in [4.69, 9.17) is 0 Å². The molecular weight excluding hydrogens is 856 g/mol. The molecule has 31 N–H and O–H groups in total. The molecule has 0 aromatic carbocycles. The van der Waals surface area contributed by atoms with Crippen molar-refractivity contribution in [2.45, 2.75) is 107 Å². The van der Waals surface area contributed by atoms with Gasteiger partial charge in [0.15, 0.2) is 94.4 Å². The minimum Gasteiger partial charge on any atom is -0.393 e. The molecule has 31 heteroatoms. The van der Waals surface area contributed by atoms with Crippen LogP contribution in [-0.2, 0) is 0 Å². The van der Waals surface area contributed by atoms with Gasteiger partial charge in [-0.3, -0.25) is 0 Å². The molecule has 31 nitrogen and oxygen atoms in total. The molecule has 0 fully saturated rings. The second-order valence-corrected chi connectivity index (χ2v) is 14.7. The maximum atomic E-state index is 11.2. The molecule has 0 aliphatic heterocycles. The van der Waals surface area contributed by atoms with Crippen molar-refractivity contribution in [3.63, 3.8) is 0 Å². The lowest BCUT2D eigenvalue weighted by Crippen LogP contribution is -2.73. The molecule has 0 amide bonds. The first-order valence-electron chi connectivity index (χ1n) is 17.7. The lowest BCUT2D eigenvalue weighted by Gasteiger charge is -2.67. The van der Waals surface area contributed by atoms with Gasteiger partial charge in [0.2, 0.25) is 0 Å². The average Bonchev–Trinajstić information content (AvgIpc) is 3.02. The van der Waals surface area contributed by atoms with Crippen LogP contribution in [0, 0.1) is 76.4 Å². The van der Waals surface area contributed by atoms with E-state index in [0.29, 0.717) is 6.92 Å². The third-order valence-electron chi connectivity index (χ3n) is 11.3. The van der Waals surface area contributed by atoms with Gasteiger partial charge in [0.1, 0.15) is 0 Å². The quantitative estimate of drug-likeness (QED) is 0.0324. The first kappa shape index (κ1) is 59.8. The maximum absolute atomic E-state index is 11.2. The zero-order valence-electron chi connectivity index (χ0n) is 31.5. The van der Waals surface area contributed by atoms with Crippen molar-refractivity contribution in [2.75, 3.05) is 0 Å². The van der Waals surface area contributed by atoms with Gasteiger partial charge in [-0.15, -0.1) is 0 Å². The van der Waals surface area contributed by atoms with Crippen LogP contribution in [0.15, 0.2) is 0 Å². The van der Waals surface area contributed by atoms with Crippen molar-refractivity contribution in [3.8, 4) is 0 Å². The fourth-order valence-electron chi connectivity index (χ4n) is 9.43. The molecule has 0 radical (unpaired) electrons. The van der Waals surface area contributed by atoms with E-state index in [1.807, 2.05) is 0 Å². The second kappa shape index (κ2) is 24.9. The average molecular weight is 919 g/mol. The first-order valence-corrected chi connectivity index (χ1v) is 17.7. The van der Waals surface area contributed by atoms with Crippen molar-refractivity contribution in [1.82, 2.24) is 0 Å². The highest BCUT2D eigenvalue weighted by molar-refractivity contribution is 5.15. The normalized spacial score (nSPS) is 16.1. The molecule has 61 heavy (non-hydrogen) atoms. The van der Waals surface area contributed by atoms with Gasteiger partial charge in [-0.25, -0.2) is 0 Å². The lowest BCUT2D eigenvalue weighted by molar-refractivity contribution is -0.372. The van der Waals surface area contributed by atoms with Crippen molar-refractivity contribution in [2.24, 2.45) is 76.4 Å². The van der Waals surface area contributed by atoms with Crippen molar-refractivity contribution in [1.29, 1.82) is 0 Å². The summed E-state index contributed by atoms with van der Waals surface area (Å²) in [5, 5.41) is 335. The highest BCUT2D eigenvalue weighted by Gasteiger charge is 2.74. The van der Waals surface area contributed by atoms with Gasteiger partial charge >= 0.3 is 0 Å². The molecule has 0 aromatic rings. The molecule has 0 aromatic heterocycles. The smallest absolute Gasteiger partial charge is 0.159 e. The Morgan fingerprint density at radius 1 is 0.180 bits per heavy atom. The predicted octanol–water partition coefficient (Wildman–Crippen LogP) is -16.6. The van der Waals surface area contributed by atoms with E-state index in [0.717, 1.165) is 0 Å². The molecule has 0 saturated heterocycles. The minimum absolute atomic E-state index is 0.404. The summed E-state index contributed by atoms with van der Waals surface area (Å²) < 4.78 is 0. The molecule has 0 heterocycles. The molecule has 368 valence electrons. The molecule has 3 atom stereocenters. The van der Waals surface area contributed by atoms with E-state index in [-0.39, 0.29) is 0 Å². The molecule has 0 spiro atoms. The Morgan fingerprint density at radius 2 is 0.279 bits per heavy atom. The van der Waals surface area contributed by atoms with E-state index < -0.39 is 177 Å². The number of aliphatic hydroxyl groups excluding tert-OH is 16. The third-order valence-corrected chi connectivity index (χ3v) is 11.3. The summed E-state index contributed by atoms with van der Waals surface area (Å²) >= 11 is 0. The molecule has 0 rings (SSSR count). The Hall–Kier alpha value is -1.24. The molecule has 0 aliphatic rings. The lowest BCUT2D eigenvalue weighted by atomic mass is 9.37. The Labute approximate surface area is 342 Å². The zero-order chi connectivity index (χ0) is 48.7. The second-order valence-electron chi connectivity index (χ2n) is 14.7. The topological polar surface area (TPSA) is 627 Å². The van der Waals surface area contributed by atoms with Gasteiger partial charge in [-0.05, 0) is 36.0 Å². The van der Waals surface area contributed by atoms with Gasteiger partial charge in [-0.1, -0.05) is 0 Å². The number of hydrogen-bond acceptors (Lipinski definition) is 31. The minimum atomic E-state index is -4.91. The van der Waals surface area contributed by atoms with Crippen LogP contribution in [0.2, 0.25) is 0 Å². The van der Waals surface area contributed by atoms with Crippen LogP contribution in [0.5, 0.6) is 0 Å². The molecule has 2 unspecified atom stereocenters. The van der Waals surface area contributed by atoms with E-state index in [9.17, 15) is 158 Å². The molecular formula is C30H62O31. The largest absolute Gasteiger partial charge is 0.393 e. The summed E-state index contributed by atoms with van der Waals surface area (Å²) in [6.45, 7) is 0.404. The number of hydrogen-bond donors (Lipinski definition) is 31. The van der Waals surface area contributed by atoms with Crippen molar-refractivity contribution >= 4 is 0 Å². The summed E-state index contributed by atoms with van der Waals surface area (Å²) in [7, 11) is 0. The van der Waals surface area contributed by atoms with Gasteiger partial charge in [-0.2, -0.15) is 0 Å². The van der Waals surface area contributed by atoms with Gasteiger partial charge in [0, 0.05) is 5.92 Å². The van der Waals surface area contributed by atoms with Crippen LogP contribution in [0.3, 0.4) is 0 Å². The summed E-state index contributed by atoms with van der Waals surface area (Å²) in [6.07, 6.45) is -59.3. The summed E-state index contributed by atoms with van der Waals surface area (Å²) in [6, 6.07) is 0. The summed E-state index contributed by atoms with van der Waals surface area (Å²) in [5.74, 6) is -44.8. The number of aliphatic hydroxyl groups is 31. The number of rotatable bonds is 28. The molecule has 0 aliphatic carbocycles. The predicted molar refractivity (Wildman–Crippen MR) is 179 cm³/mol. The van der Waals surface area contributed by atoms with E-state index in [2.05, 4.69) is 0 Å². The summed E-state index contributed by atoms with van der Waals surface area (Å²) in [5.41, 5.74) is -4.91. The van der Waals surface area contributed by atoms with E-state index in [1.165, 1.54) is 0 Å². The Kier molecular flexibility index (Phi) is 24.4. The van der Waals surface area contributed by atoms with Gasteiger partial charge < -0.3 is 158 Å². The Bertz CT molecular complexity index is 870. The maximum Gasteiger partial charge on any atom is 0.159 e. The highest BCUT2D eigenvalue weighted by atomic mass is 16.5. The summed E-state index contributed by atoms with van der Waals surface area (Å²) in [4.78, 5) is 0. The van der Waals surface area contributed by atoms with Crippen LogP contribution in [0.25, 0.3) is 0 Å². The first-order chi connectivity index (χ1) is 27.6. The van der Waals surface area contributed by atoms with Crippen LogP contribution < -0.4 is 0 Å². The monoisotopic (exact) mass is 918 g/mol. The van der Waals surface area contributed by atoms with E-state index >= 15 is 0 Å². The zero-order valence-corrected chi connectivity index (χ0v) is 31.5. The Balaban J connectivity index is 11.6. The van der Waals surface area contributed by atoms with Crippen LogP contribution in [0.1, 0.15) is 6.92 Å². The fourth-order valence-corrected chi connectivity index (χ4v) is 9.43. The standard InChI is InChI=1S/C30H62O31/c1-2(31)3(15(32)33)11(4(16(34)35)17(36)37)30(12(5(18(38)39)19(40)41)6(20(42)43)21(44)45,13(7(22(46)47)23(48)49)8(24(50)51)25(52)53)14(9(26(54)55)27(56)57)10(28(58)59)29(60)61/h2-29,31-61H,1H3/t2?,3?,11-/m1/s1. The highest BCUT2D eigenvalue weighted by Crippen LogP contribution is 2.68. The van der Waals surface area contributed by atoms with Gasteiger partial charge in [0.25, 0.3) is 0 Å². The third kappa shape index (κ3) is 13.4. The van der Waals surface area contributed by atoms with E-state index in [1.54, 1.807) is 0 Å². The molecule has 0 saturated carbocycles. The van der Waals surface area contributed by atoms with Crippen LogP contribution in [0.4, 0.5) is 0 Å². The van der Waals surface area contributed by atoms with Gasteiger partial charge in [0.05, 0.1) is 47.5 Å². The SMILES string of the molecule is CC(O)C(C(O)O)[C@H](C(C(O)O)C(O)O)C(C(C(C(O)O)C(O)O)C(C(O)O)C(O)O)(C(C(C(O)O)C(O)O)C(C(O)O)C(O)O)C(C(C(O)O)C(O)O)C(C(O)O)C(O)O. The fraction of sp³-hybridized carbons (Fsp3) is 1.00. The Morgan fingerprint density at radius 3 is 0.361 bits per heavy atom. The van der Waals surface area contributed by atoms with Crippen molar-refractivity contribution < 1.29 is 158 Å². The van der Waals surface area contributed by atoms with Crippen molar-refractivity contribution in [3.05, 3.63) is 0 Å². The van der Waals surface area contributed by atoms with Crippen LogP contribution in [-0.4, -0.2) is 259 Å². The molecule has 0 bridgehead atoms. The van der Waals surface area contributed by atoms with Crippen LogP contribution >= 0.6 is 0 Å².